The van der Waals surface area contributed by atoms with Crippen LogP contribution in [0.2, 0.25) is 0 Å². The van der Waals surface area contributed by atoms with Crippen LogP contribution in [0.15, 0.2) is 127 Å². The van der Waals surface area contributed by atoms with E-state index in [4.69, 9.17) is 0 Å². The molecule has 0 bridgehead atoms. The van der Waals surface area contributed by atoms with E-state index in [9.17, 15) is 0 Å². The molecule has 0 N–H and O–H groups in total. The van der Waals surface area contributed by atoms with Gasteiger partial charge in [0.15, 0.2) is 0 Å². The first-order chi connectivity index (χ1) is 14.8. The summed E-state index contributed by atoms with van der Waals surface area (Å²) in [4.78, 5) is 0. The van der Waals surface area contributed by atoms with Gasteiger partial charge < -0.3 is 0 Å². The van der Waals surface area contributed by atoms with Crippen molar-refractivity contribution < 1.29 is 0 Å². The molecule has 0 spiro atoms. The zero-order valence-corrected chi connectivity index (χ0v) is 18.1. The summed E-state index contributed by atoms with van der Waals surface area (Å²) in [5, 5.41) is 6.89. The van der Waals surface area contributed by atoms with Crippen molar-refractivity contribution >= 4 is 33.9 Å². The number of hydrogen-bond acceptors (Lipinski definition) is 0. The van der Waals surface area contributed by atoms with Crippen LogP contribution < -0.4 is 15.9 Å². The van der Waals surface area contributed by atoms with E-state index in [-0.39, 0.29) is 0 Å². The molecule has 0 unspecified atom stereocenters. The Bertz CT molecular complexity index is 1250. The van der Waals surface area contributed by atoms with Crippen LogP contribution in [0.5, 0.6) is 0 Å². The quantitative estimate of drug-likeness (QED) is 0.315. The summed E-state index contributed by atoms with van der Waals surface area (Å²) in [6.07, 6.45) is 0. The van der Waals surface area contributed by atoms with Gasteiger partial charge in [0, 0.05) is 0 Å². The number of rotatable bonds is 4. The molecule has 5 rings (SSSR count). The van der Waals surface area contributed by atoms with Crippen molar-refractivity contribution in [2.45, 2.75) is 0 Å². The average molecular weight is 404 g/mol. The van der Waals surface area contributed by atoms with Gasteiger partial charge in [-0.3, -0.25) is 0 Å². The summed E-state index contributed by atoms with van der Waals surface area (Å²) < 4.78 is 0. The van der Waals surface area contributed by atoms with E-state index in [1.807, 2.05) is 0 Å². The maximum absolute atomic E-state index is 2.48. The molecule has 1 heteroatoms. The molecule has 0 fully saturated rings. The van der Waals surface area contributed by atoms with Crippen LogP contribution in [0.3, 0.4) is 0 Å². The van der Waals surface area contributed by atoms with Gasteiger partial charge in [-0.25, -0.2) is 0 Å². The van der Waals surface area contributed by atoms with Gasteiger partial charge in [0.2, 0.25) is 0 Å². The summed E-state index contributed by atoms with van der Waals surface area (Å²) in [5.74, 6) is 0. The van der Waals surface area contributed by atoms with Crippen molar-refractivity contribution in [3.63, 3.8) is 0 Å². The van der Waals surface area contributed by atoms with Crippen LogP contribution in [-0.2, 0) is 0 Å². The molecule has 0 nitrogen and oxygen atoms in total. The van der Waals surface area contributed by atoms with Gasteiger partial charge in [0.05, 0.1) is 0 Å². The first kappa shape index (κ1) is 18.8. The Morgan fingerprint density at radius 3 is 1.67 bits per heavy atom. The summed E-state index contributed by atoms with van der Waals surface area (Å²) >= 11 is 0. The Kier molecular flexibility index (Phi) is 4.95. The molecule has 0 aromatic heterocycles. The van der Waals surface area contributed by atoms with E-state index in [0.717, 1.165) is 0 Å². The summed E-state index contributed by atoms with van der Waals surface area (Å²) in [7, 11) is -2.17. The fraction of sp³-hybridized carbons (Fsp3) is 0.0345. The standard InChI is InChI=1S/C29H25P/c1-30(26-14-4-2-5-15-26,27-16-6-3-7-17-27)29-19-11-10-18-28(29)25-21-20-23-12-8-9-13-24(23)22-25/h2-22,30H,1H3. The fourth-order valence-electron chi connectivity index (χ4n) is 4.55. The number of hydrogen-bond donors (Lipinski definition) is 0. The van der Waals surface area contributed by atoms with Gasteiger partial charge in [-0.1, -0.05) is 0 Å². The topological polar surface area (TPSA) is 0 Å². The van der Waals surface area contributed by atoms with E-state index in [0.29, 0.717) is 0 Å². The van der Waals surface area contributed by atoms with Crippen LogP contribution >= 0.6 is 7.26 Å². The third kappa shape index (κ3) is 3.24. The Morgan fingerprint density at radius 2 is 1.00 bits per heavy atom. The molecule has 0 saturated carbocycles. The Morgan fingerprint density at radius 1 is 0.467 bits per heavy atom. The SMILES string of the molecule is C[PH](c1ccccc1)(c1ccccc1)c1ccccc1-c1ccc2ccccc2c1. The molecule has 146 valence electrons. The molecule has 30 heavy (non-hydrogen) atoms. The van der Waals surface area contributed by atoms with Crippen molar-refractivity contribution in [3.05, 3.63) is 127 Å². The number of fused-ring (bicyclic) bond motifs is 1. The van der Waals surface area contributed by atoms with E-state index in [2.05, 4.69) is 134 Å². The Balaban J connectivity index is 1.77. The predicted octanol–water partition coefficient (Wildman–Crippen LogP) is 6.16. The van der Waals surface area contributed by atoms with Crippen molar-refractivity contribution in [3.8, 4) is 11.1 Å². The van der Waals surface area contributed by atoms with Crippen LogP contribution in [0.25, 0.3) is 21.9 Å². The molecule has 0 aliphatic heterocycles. The molecule has 0 aliphatic carbocycles. The second-order valence-corrected chi connectivity index (χ2v) is 11.9. The molecule has 5 aromatic carbocycles. The average Bonchev–Trinajstić information content (AvgIpc) is 2.84. The van der Waals surface area contributed by atoms with Crippen molar-refractivity contribution in [1.29, 1.82) is 0 Å². The first-order valence-electron chi connectivity index (χ1n) is 10.5. The van der Waals surface area contributed by atoms with Crippen LogP contribution in [-0.4, -0.2) is 6.66 Å². The van der Waals surface area contributed by atoms with Gasteiger partial charge >= 0.3 is 179 Å². The molecule has 0 heterocycles. The van der Waals surface area contributed by atoms with E-state index in [1.54, 1.807) is 0 Å². The minimum atomic E-state index is -2.17. The zero-order valence-electron chi connectivity index (χ0n) is 17.1. The first-order valence-corrected chi connectivity index (χ1v) is 13.0. The third-order valence-corrected chi connectivity index (χ3v) is 10.7. The van der Waals surface area contributed by atoms with E-state index < -0.39 is 7.26 Å². The minimum absolute atomic E-state index is 1.28. The summed E-state index contributed by atoms with van der Waals surface area (Å²) in [5.41, 5.74) is 2.63. The van der Waals surface area contributed by atoms with Crippen LogP contribution in [0, 0.1) is 0 Å². The predicted molar refractivity (Wildman–Crippen MR) is 135 cm³/mol. The van der Waals surface area contributed by atoms with Crippen molar-refractivity contribution in [1.82, 2.24) is 0 Å². The molecular weight excluding hydrogens is 379 g/mol. The van der Waals surface area contributed by atoms with E-state index >= 15 is 0 Å². The molecule has 0 amide bonds. The van der Waals surface area contributed by atoms with Crippen LogP contribution in [0.1, 0.15) is 0 Å². The molecular formula is C29H25P. The molecule has 0 aliphatic rings. The van der Waals surface area contributed by atoms with Crippen molar-refractivity contribution in [2.24, 2.45) is 0 Å². The Labute approximate surface area is 179 Å². The zero-order chi connectivity index (χ0) is 20.4. The second kappa shape index (κ2) is 7.90. The third-order valence-electron chi connectivity index (χ3n) is 6.23. The van der Waals surface area contributed by atoms with Gasteiger partial charge in [0.1, 0.15) is 0 Å². The maximum atomic E-state index is 2.48. The normalized spacial score (nSPS) is 12.0. The van der Waals surface area contributed by atoms with Crippen molar-refractivity contribution in [2.75, 3.05) is 6.66 Å². The van der Waals surface area contributed by atoms with Gasteiger partial charge in [-0.2, -0.15) is 0 Å². The van der Waals surface area contributed by atoms with Crippen LogP contribution in [0.4, 0.5) is 0 Å². The number of benzene rings is 5. The fourth-order valence-corrected chi connectivity index (χ4v) is 8.42. The Hall–Kier alpha value is -3.21. The second-order valence-electron chi connectivity index (χ2n) is 7.96. The summed E-state index contributed by atoms with van der Waals surface area (Å²) in [6, 6.07) is 46.5. The molecule has 0 saturated heterocycles. The molecule has 0 atom stereocenters. The summed E-state index contributed by atoms with van der Waals surface area (Å²) in [6.45, 7) is 2.48. The van der Waals surface area contributed by atoms with Gasteiger partial charge in [-0.15, -0.1) is 0 Å². The van der Waals surface area contributed by atoms with Gasteiger partial charge in [-0.05, 0) is 0 Å². The molecule has 5 aromatic rings. The van der Waals surface area contributed by atoms with Gasteiger partial charge in [0.25, 0.3) is 0 Å². The monoisotopic (exact) mass is 404 g/mol. The molecule has 0 radical (unpaired) electrons. The van der Waals surface area contributed by atoms with E-state index in [1.165, 1.54) is 37.8 Å².